The average Bonchev–Trinajstić information content (AvgIpc) is 3.73. The van der Waals surface area contributed by atoms with Crippen molar-refractivity contribution in [3.8, 4) is 11.3 Å². The van der Waals surface area contributed by atoms with Crippen molar-refractivity contribution in [2.75, 3.05) is 10.8 Å². The molecule has 5 atom stereocenters. The van der Waals surface area contributed by atoms with Gasteiger partial charge in [0, 0.05) is 33.8 Å². The molecular formula is C35H27Cl2FN2O5. The molecule has 0 radical (unpaired) electrons. The van der Waals surface area contributed by atoms with E-state index in [0.29, 0.717) is 44.7 Å². The molecule has 2 aliphatic carbocycles. The summed E-state index contributed by atoms with van der Waals surface area (Å²) in [7, 11) is 0. The lowest BCUT2D eigenvalue weighted by molar-refractivity contribution is -0.123. The minimum atomic E-state index is -1.20. The van der Waals surface area contributed by atoms with Crippen molar-refractivity contribution in [1.29, 1.82) is 0 Å². The number of nitrogens with zero attached hydrogens (tertiary/aromatic N) is 2. The van der Waals surface area contributed by atoms with Gasteiger partial charge in [0.05, 0.1) is 34.3 Å². The van der Waals surface area contributed by atoms with E-state index in [1.165, 1.54) is 17.0 Å². The molecule has 3 fully saturated rings. The van der Waals surface area contributed by atoms with E-state index in [4.69, 9.17) is 32.9 Å². The fourth-order valence-electron chi connectivity index (χ4n) is 7.29. The molecule has 2 heterocycles. The van der Waals surface area contributed by atoms with E-state index in [-0.39, 0.29) is 47.1 Å². The number of fused-ring (bicyclic) bond motifs is 6. The van der Waals surface area contributed by atoms with Gasteiger partial charge in [-0.3, -0.25) is 19.3 Å². The molecule has 7 nitrogen and oxygen atoms in total. The molecule has 10 heteroatoms. The zero-order chi connectivity index (χ0) is 31.4. The van der Waals surface area contributed by atoms with E-state index < -0.39 is 23.7 Å². The van der Waals surface area contributed by atoms with Gasteiger partial charge in [-0.1, -0.05) is 23.7 Å². The Bertz CT molecular complexity index is 1830. The highest BCUT2D eigenvalue weighted by atomic mass is 35.5. The van der Waals surface area contributed by atoms with Crippen molar-refractivity contribution in [2.45, 2.75) is 31.8 Å². The first-order valence-corrected chi connectivity index (χ1v) is 15.8. The maximum absolute atomic E-state index is 13.7. The normalized spacial score (nSPS) is 22.6. The Balaban J connectivity index is 1.19. The van der Waals surface area contributed by atoms with Crippen molar-refractivity contribution in [1.82, 2.24) is 4.98 Å². The number of hydrogen-bond acceptors (Lipinski definition) is 6. The fraction of sp³-hybridized carbons (Fsp3) is 0.286. The Morgan fingerprint density at radius 1 is 0.933 bits per heavy atom. The number of pyridine rings is 1. The number of hydrogen-bond donors (Lipinski definition) is 0. The van der Waals surface area contributed by atoms with Gasteiger partial charge in [0.2, 0.25) is 17.6 Å². The first-order valence-electron chi connectivity index (χ1n) is 14.9. The zero-order valence-electron chi connectivity index (χ0n) is 23.9. The summed E-state index contributed by atoms with van der Waals surface area (Å²) in [4.78, 5) is 59.5. The lowest BCUT2D eigenvalue weighted by Gasteiger charge is -2.19. The number of esters is 1. The van der Waals surface area contributed by atoms with Crippen LogP contribution in [0.15, 0.2) is 72.8 Å². The number of anilines is 1. The van der Waals surface area contributed by atoms with Crippen LogP contribution < -0.4 is 4.90 Å². The van der Waals surface area contributed by atoms with Crippen molar-refractivity contribution in [3.05, 3.63) is 94.8 Å². The van der Waals surface area contributed by atoms with Crippen LogP contribution in [0.25, 0.3) is 22.2 Å². The summed E-state index contributed by atoms with van der Waals surface area (Å²) in [6, 6.07) is 18.4. The Morgan fingerprint density at radius 3 is 2.24 bits per heavy atom. The SMILES string of the molecule is O=C(OC(CCCl)C(=O)c1ccc(F)cc1)c1cc(-c2ccc(N3C(=O)C4C5CCC(C5)C4C3=O)cc2)nc2ccc(Cl)cc12. The maximum atomic E-state index is 13.7. The number of rotatable bonds is 8. The number of benzene rings is 3. The largest absolute Gasteiger partial charge is 0.450 e. The Hall–Kier alpha value is -4.14. The lowest BCUT2D eigenvalue weighted by atomic mass is 9.81. The van der Waals surface area contributed by atoms with Crippen LogP contribution in [0.4, 0.5) is 10.1 Å². The van der Waals surface area contributed by atoms with Gasteiger partial charge < -0.3 is 4.74 Å². The van der Waals surface area contributed by atoms with Gasteiger partial charge in [-0.15, -0.1) is 11.6 Å². The summed E-state index contributed by atoms with van der Waals surface area (Å²) in [5.74, 6) is -1.78. The second kappa shape index (κ2) is 11.7. The average molecular weight is 646 g/mol. The quantitative estimate of drug-likeness (QED) is 0.0867. The van der Waals surface area contributed by atoms with Crippen LogP contribution in [-0.2, 0) is 14.3 Å². The Morgan fingerprint density at radius 2 is 1.60 bits per heavy atom. The van der Waals surface area contributed by atoms with Crippen LogP contribution >= 0.6 is 23.2 Å². The minimum absolute atomic E-state index is 0.0518. The third-order valence-electron chi connectivity index (χ3n) is 9.38. The molecule has 0 N–H and O–H groups in total. The summed E-state index contributed by atoms with van der Waals surface area (Å²) in [5, 5.41) is 0.814. The molecule has 7 rings (SSSR count). The van der Waals surface area contributed by atoms with Crippen molar-refractivity contribution >= 4 is 63.4 Å². The number of alkyl halides is 1. The van der Waals surface area contributed by atoms with E-state index in [2.05, 4.69) is 0 Å². The first-order chi connectivity index (χ1) is 21.7. The minimum Gasteiger partial charge on any atom is -0.450 e. The van der Waals surface area contributed by atoms with Crippen LogP contribution in [0.3, 0.4) is 0 Å². The topological polar surface area (TPSA) is 93.6 Å². The van der Waals surface area contributed by atoms with Gasteiger partial charge in [0.25, 0.3) is 0 Å². The summed E-state index contributed by atoms with van der Waals surface area (Å²) >= 11 is 12.2. The van der Waals surface area contributed by atoms with Crippen molar-refractivity contribution < 1.29 is 28.3 Å². The van der Waals surface area contributed by atoms with Gasteiger partial charge in [0.15, 0.2) is 6.10 Å². The van der Waals surface area contributed by atoms with Crippen LogP contribution in [0, 0.1) is 29.5 Å². The molecule has 4 aromatic rings. The third kappa shape index (κ3) is 5.20. The molecule has 45 heavy (non-hydrogen) atoms. The van der Waals surface area contributed by atoms with Crippen molar-refractivity contribution in [2.24, 2.45) is 23.7 Å². The van der Waals surface area contributed by atoms with Gasteiger partial charge >= 0.3 is 5.97 Å². The highest BCUT2D eigenvalue weighted by Gasteiger charge is 2.61. The summed E-state index contributed by atoms with van der Waals surface area (Å²) in [6.07, 6.45) is 1.84. The summed E-state index contributed by atoms with van der Waals surface area (Å²) in [5.41, 5.74) is 2.40. The monoisotopic (exact) mass is 644 g/mol. The van der Waals surface area contributed by atoms with E-state index in [9.17, 15) is 23.6 Å². The third-order valence-corrected chi connectivity index (χ3v) is 9.83. The molecule has 1 aliphatic heterocycles. The molecule has 2 bridgehead atoms. The molecule has 3 aliphatic rings. The zero-order valence-corrected chi connectivity index (χ0v) is 25.4. The second-order valence-corrected chi connectivity index (χ2v) is 12.7. The molecule has 1 saturated heterocycles. The Labute approximate surface area is 268 Å². The van der Waals surface area contributed by atoms with Crippen LogP contribution in [0.2, 0.25) is 5.02 Å². The molecular weight excluding hydrogens is 618 g/mol. The molecule has 3 aromatic carbocycles. The number of imide groups is 1. The second-order valence-electron chi connectivity index (χ2n) is 11.9. The number of carbonyl (C=O) groups excluding carboxylic acids is 4. The predicted octanol–water partition coefficient (Wildman–Crippen LogP) is 7.27. The van der Waals surface area contributed by atoms with E-state index in [1.807, 2.05) is 0 Å². The van der Waals surface area contributed by atoms with E-state index in [1.54, 1.807) is 48.5 Å². The highest BCUT2D eigenvalue weighted by Crippen LogP contribution is 2.56. The summed E-state index contributed by atoms with van der Waals surface area (Å²) < 4.78 is 19.1. The molecule has 5 unspecified atom stereocenters. The van der Waals surface area contributed by atoms with Crippen LogP contribution in [0.1, 0.15) is 46.4 Å². The van der Waals surface area contributed by atoms with Gasteiger partial charge in [-0.2, -0.15) is 0 Å². The lowest BCUT2D eigenvalue weighted by Crippen LogP contribution is -2.32. The molecule has 1 aromatic heterocycles. The van der Waals surface area contributed by atoms with Gasteiger partial charge in [-0.05, 0) is 91.8 Å². The molecule has 2 amide bonds. The number of halogens is 3. The maximum Gasteiger partial charge on any atom is 0.339 e. The Kier molecular flexibility index (Phi) is 7.66. The summed E-state index contributed by atoms with van der Waals surface area (Å²) in [6.45, 7) is 0. The number of ketones is 1. The number of Topliss-reactive ketones (excluding diaryl/α,β-unsaturated/α-hetero) is 1. The standard InChI is InChI=1S/C35H27Cl2FN2O5/c36-14-13-29(32(41)19-3-8-23(38)9-4-19)45-35(44)26-17-28(39-27-12-7-22(37)16-25(26)27)18-5-10-24(11-6-18)40-33(42)30-20-1-2-21(15-20)31(30)34(40)43/h3-12,16-17,20-21,29-31H,1-2,13-15H2. The number of carbonyl (C=O) groups is 4. The van der Waals surface area contributed by atoms with Gasteiger partial charge in [0.1, 0.15) is 5.82 Å². The number of amides is 2. The highest BCUT2D eigenvalue weighted by molar-refractivity contribution is 6.31. The fourth-order valence-corrected chi connectivity index (χ4v) is 7.66. The predicted molar refractivity (Wildman–Crippen MR) is 168 cm³/mol. The molecule has 0 spiro atoms. The number of ether oxygens (including phenoxy) is 1. The van der Waals surface area contributed by atoms with Gasteiger partial charge in [-0.25, -0.2) is 14.2 Å². The molecule has 2 saturated carbocycles. The molecule has 228 valence electrons. The first kappa shape index (κ1) is 29.6. The van der Waals surface area contributed by atoms with Crippen LogP contribution in [-0.4, -0.2) is 40.5 Å². The van der Waals surface area contributed by atoms with Crippen LogP contribution in [0.5, 0.6) is 0 Å². The van der Waals surface area contributed by atoms with Crippen molar-refractivity contribution in [3.63, 3.8) is 0 Å². The van der Waals surface area contributed by atoms with E-state index >= 15 is 0 Å². The van der Waals surface area contributed by atoms with E-state index in [0.717, 1.165) is 31.4 Å². The number of aromatic nitrogens is 1. The smallest absolute Gasteiger partial charge is 0.339 e.